The summed E-state index contributed by atoms with van der Waals surface area (Å²) in [5.41, 5.74) is 6.13. The Hall–Kier alpha value is -3.33. The van der Waals surface area contributed by atoms with Gasteiger partial charge in [0.15, 0.2) is 0 Å². The van der Waals surface area contributed by atoms with Gasteiger partial charge >= 0.3 is 0 Å². The number of rotatable bonds is 5. The maximum atomic E-state index is 5.51. The molecule has 0 aliphatic heterocycles. The Kier molecular flexibility index (Phi) is 5.45. The largest absolute Gasteiger partial charge is 0.497 e. The van der Waals surface area contributed by atoms with Crippen molar-refractivity contribution >= 4 is 0 Å². The average Bonchev–Trinajstić information content (AvgIpc) is 3.21. The van der Waals surface area contributed by atoms with Crippen LogP contribution in [0.3, 0.4) is 0 Å². The molecule has 152 valence electrons. The molecule has 0 atom stereocenters. The van der Waals surface area contributed by atoms with Gasteiger partial charge in [0.1, 0.15) is 11.6 Å². The fourth-order valence-corrected chi connectivity index (χ4v) is 3.69. The molecule has 4 aromatic rings. The van der Waals surface area contributed by atoms with Gasteiger partial charge in [-0.1, -0.05) is 75.4 Å². The van der Waals surface area contributed by atoms with Crippen LogP contribution in [0, 0.1) is 0 Å². The molecule has 3 heteroatoms. The van der Waals surface area contributed by atoms with E-state index in [2.05, 4.69) is 86.0 Å². The Balaban J connectivity index is 1.73. The molecule has 1 aromatic heterocycles. The van der Waals surface area contributed by atoms with Crippen LogP contribution < -0.4 is 4.74 Å². The van der Waals surface area contributed by atoms with Gasteiger partial charge in [0.2, 0.25) is 0 Å². The maximum absolute atomic E-state index is 5.51. The molecule has 1 heterocycles. The van der Waals surface area contributed by atoms with Gasteiger partial charge in [-0.15, -0.1) is 0 Å². The second kappa shape index (κ2) is 8.19. The summed E-state index contributed by atoms with van der Waals surface area (Å²) in [6.45, 7) is 7.49. The Labute approximate surface area is 179 Å². The van der Waals surface area contributed by atoms with Crippen LogP contribution in [0.15, 0.2) is 85.2 Å². The molecule has 0 radical (unpaired) electrons. The zero-order valence-electron chi connectivity index (χ0n) is 18.1. The molecule has 0 fully saturated rings. The molecule has 0 bridgehead atoms. The van der Waals surface area contributed by atoms with E-state index in [0.717, 1.165) is 29.2 Å². The molecule has 0 saturated heterocycles. The lowest BCUT2D eigenvalue weighted by Crippen LogP contribution is -2.11. The van der Waals surface area contributed by atoms with Crippen molar-refractivity contribution in [3.05, 3.63) is 96.3 Å². The Bertz CT molecular complexity index is 1120. The number of hydrogen-bond acceptors (Lipinski definition) is 2. The van der Waals surface area contributed by atoms with E-state index < -0.39 is 0 Å². The molecule has 3 nitrogen and oxygen atoms in total. The molecular formula is C27H28N2O. The first-order valence-electron chi connectivity index (χ1n) is 10.3. The second-order valence-electron chi connectivity index (χ2n) is 8.60. The Morgan fingerprint density at radius 3 is 2.27 bits per heavy atom. The van der Waals surface area contributed by atoms with Crippen LogP contribution in [0.2, 0.25) is 0 Å². The summed E-state index contributed by atoms with van der Waals surface area (Å²) in [5.74, 6) is 1.77. The van der Waals surface area contributed by atoms with E-state index in [1.165, 1.54) is 16.7 Å². The van der Waals surface area contributed by atoms with Crippen molar-refractivity contribution in [3.63, 3.8) is 0 Å². The minimum atomic E-state index is 0.157. The Morgan fingerprint density at radius 1 is 0.867 bits per heavy atom. The molecule has 0 unspecified atom stereocenters. The predicted molar refractivity (Wildman–Crippen MR) is 124 cm³/mol. The first kappa shape index (κ1) is 20.0. The number of methoxy groups -OCH3 is 1. The molecule has 0 aliphatic rings. The number of nitrogens with zero attached hydrogens (tertiary/aromatic N) is 2. The van der Waals surface area contributed by atoms with Gasteiger partial charge in [-0.25, -0.2) is 4.98 Å². The van der Waals surface area contributed by atoms with Crippen LogP contribution in [-0.2, 0) is 12.0 Å². The third-order valence-corrected chi connectivity index (χ3v) is 5.44. The first-order chi connectivity index (χ1) is 14.5. The summed E-state index contributed by atoms with van der Waals surface area (Å²) in [6.07, 6.45) is 3.91. The van der Waals surface area contributed by atoms with E-state index in [9.17, 15) is 0 Å². The number of imidazole rings is 1. The molecule has 0 N–H and O–H groups in total. The monoisotopic (exact) mass is 396 g/mol. The van der Waals surface area contributed by atoms with Gasteiger partial charge in [0.05, 0.1) is 7.11 Å². The predicted octanol–water partition coefficient (Wildman–Crippen LogP) is 6.57. The van der Waals surface area contributed by atoms with Gasteiger partial charge in [0.25, 0.3) is 0 Å². The molecule has 3 aromatic carbocycles. The van der Waals surface area contributed by atoms with E-state index in [4.69, 9.17) is 9.72 Å². The summed E-state index contributed by atoms with van der Waals surface area (Å²) in [5, 5.41) is 0. The SMILES string of the molecule is COc1ccc(-c2ccccc2)c(-c2nccn2Cc2ccc(C(C)(C)C)cc2)c1. The molecule has 0 amide bonds. The first-order valence-corrected chi connectivity index (χ1v) is 10.3. The summed E-state index contributed by atoms with van der Waals surface area (Å²) >= 11 is 0. The van der Waals surface area contributed by atoms with Crippen molar-refractivity contribution < 1.29 is 4.74 Å². The van der Waals surface area contributed by atoms with E-state index in [0.29, 0.717) is 0 Å². The summed E-state index contributed by atoms with van der Waals surface area (Å²) in [7, 11) is 1.70. The highest BCUT2D eigenvalue weighted by molar-refractivity contribution is 5.81. The van der Waals surface area contributed by atoms with Gasteiger partial charge in [-0.2, -0.15) is 0 Å². The molecule has 30 heavy (non-hydrogen) atoms. The summed E-state index contributed by atoms with van der Waals surface area (Å²) < 4.78 is 7.71. The van der Waals surface area contributed by atoms with Gasteiger partial charge in [0, 0.05) is 24.5 Å². The minimum Gasteiger partial charge on any atom is -0.497 e. The fourth-order valence-electron chi connectivity index (χ4n) is 3.69. The van der Waals surface area contributed by atoms with Crippen LogP contribution >= 0.6 is 0 Å². The number of aromatic nitrogens is 2. The van der Waals surface area contributed by atoms with Gasteiger partial charge < -0.3 is 9.30 Å². The quantitative estimate of drug-likeness (QED) is 0.381. The molecule has 0 spiro atoms. The van der Waals surface area contributed by atoms with E-state index in [1.54, 1.807) is 7.11 Å². The normalized spacial score (nSPS) is 11.5. The lowest BCUT2D eigenvalue weighted by molar-refractivity contribution is 0.415. The molecule has 0 aliphatic carbocycles. The minimum absolute atomic E-state index is 0.157. The second-order valence-corrected chi connectivity index (χ2v) is 8.60. The van der Waals surface area contributed by atoms with Crippen LogP contribution in [0.25, 0.3) is 22.5 Å². The molecule has 0 saturated carbocycles. The van der Waals surface area contributed by atoms with Crippen LogP contribution in [0.1, 0.15) is 31.9 Å². The standard InChI is InChI=1S/C27H28N2O/c1-27(2,3)22-12-10-20(11-13-22)19-29-17-16-28-26(29)25-18-23(30-4)14-15-24(25)21-8-6-5-7-9-21/h5-18H,19H2,1-4H3. The van der Waals surface area contributed by atoms with Crippen molar-refractivity contribution in [1.29, 1.82) is 0 Å². The summed E-state index contributed by atoms with van der Waals surface area (Å²) in [4.78, 5) is 4.71. The van der Waals surface area contributed by atoms with E-state index in [1.807, 2.05) is 24.5 Å². The molecular weight excluding hydrogens is 368 g/mol. The smallest absolute Gasteiger partial charge is 0.140 e. The van der Waals surface area contributed by atoms with Crippen molar-refractivity contribution in [1.82, 2.24) is 9.55 Å². The topological polar surface area (TPSA) is 27.1 Å². The number of ether oxygens (including phenoxy) is 1. The van der Waals surface area contributed by atoms with Crippen molar-refractivity contribution in [2.75, 3.05) is 7.11 Å². The lowest BCUT2D eigenvalue weighted by atomic mass is 9.87. The van der Waals surface area contributed by atoms with Crippen LogP contribution in [0.5, 0.6) is 5.75 Å². The average molecular weight is 397 g/mol. The Morgan fingerprint density at radius 2 is 1.60 bits per heavy atom. The van der Waals surface area contributed by atoms with E-state index >= 15 is 0 Å². The van der Waals surface area contributed by atoms with Gasteiger partial charge in [-0.05, 0) is 45.9 Å². The van der Waals surface area contributed by atoms with Crippen molar-refractivity contribution in [2.45, 2.75) is 32.7 Å². The van der Waals surface area contributed by atoms with Crippen molar-refractivity contribution in [2.24, 2.45) is 0 Å². The summed E-state index contributed by atoms with van der Waals surface area (Å²) in [6, 6.07) is 25.5. The van der Waals surface area contributed by atoms with Crippen LogP contribution in [-0.4, -0.2) is 16.7 Å². The zero-order valence-corrected chi connectivity index (χ0v) is 18.1. The number of hydrogen-bond donors (Lipinski definition) is 0. The fraction of sp³-hybridized carbons (Fsp3) is 0.222. The maximum Gasteiger partial charge on any atom is 0.140 e. The number of benzene rings is 3. The third-order valence-electron chi connectivity index (χ3n) is 5.44. The third kappa shape index (κ3) is 4.16. The van der Waals surface area contributed by atoms with Crippen molar-refractivity contribution in [3.8, 4) is 28.3 Å². The van der Waals surface area contributed by atoms with E-state index in [-0.39, 0.29) is 5.41 Å². The zero-order chi connectivity index (χ0) is 21.1. The van der Waals surface area contributed by atoms with Crippen LogP contribution in [0.4, 0.5) is 0 Å². The highest BCUT2D eigenvalue weighted by Crippen LogP contribution is 2.34. The van der Waals surface area contributed by atoms with Gasteiger partial charge in [-0.3, -0.25) is 0 Å². The lowest BCUT2D eigenvalue weighted by Gasteiger charge is -2.19. The molecule has 4 rings (SSSR count). The highest BCUT2D eigenvalue weighted by atomic mass is 16.5. The highest BCUT2D eigenvalue weighted by Gasteiger charge is 2.15.